The topological polar surface area (TPSA) is 66.5 Å². The number of nitrogens with zero attached hydrogens (tertiary/aromatic N) is 1. The number of hydrogen-bond donors (Lipinski definition) is 1. The highest BCUT2D eigenvalue weighted by molar-refractivity contribution is 7.89. The number of carbonyl (C=O) groups is 1. The van der Waals surface area contributed by atoms with Gasteiger partial charge in [0, 0.05) is 23.7 Å². The normalized spacial score (nSPS) is 11.6. The molecule has 0 aliphatic heterocycles. The molecule has 5 nitrogen and oxygen atoms in total. The second kappa shape index (κ2) is 8.86. The van der Waals surface area contributed by atoms with Gasteiger partial charge in [-0.3, -0.25) is 4.79 Å². The van der Waals surface area contributed by atoms with E-state index < -0.39 is 10.0 Å². The number of hydrogen-bond acceptors (Lipinski definition) is 4. The van der Waals surface area contributed by atoms with E-state index in [9.17, 15) is 13.2 Å². The number of halogens is 2. The first kappa shape index (κ1) is 20.7. The molecule has 0 spiro atoms. The molecule has 0 aliphatic rings. The number of Topliss-reactive ketones (excluding diaryl/α,β-unsaturated/α-hetero) is 1. The van der Waals surface area contributed by atoms with Crippen LogP contribution in [0.4, 0.5) is 5.69 Å². The fraction of sp³-hybridized carbons (Fsp3) is 0.278. The van der Waals surface area contributed by atoms with Crippen LogP contribution in [0.5, 0.6) is 0 Å². The Morgan fingerprint density at radius 3 is 2.23 bits per heavy atom. The molecule has 0 amide bonds. The Morgan fingerprint density at radius 2 is 1.65 bits per heavy atom. The number of benzene rings is 2. The van der Waals surface area contributed by atoms with Crippen molar-refractivity contribution in [1.82, 2.24) is 4.31 Å². The van der Waals surface area contributed by atoms with Crippen LogP contribution in [0.2, 0.25) is 10.0 Å². The van der Waals surface area contributed by atoms with Crippen LogP contribution < -0.4 is 5.32 Å². The lowest BCUT2D eigenvalue weighted by molar-refractivity contribution is 0.101. The van der Waals surface area contributed by atoms with Gasteiger partial charge >= 0.3 is 0 Å². The van der Waals surface area contributed by atoms with E-state index in [1.165, 1.54) is 28.6 Å². The lowest BCUT2D eigenvalue weighted by atomic mass is 10.1. The van der Waals surface area contributed by atoms with Crippen molar-refractivity contribution in [3.63, 3.8) is 0 Å². The molecule has 2 aromatic carbocycles. The van der Waals surface area contributed by atoms with E-state index in [4.69, 9.17) is 23.2 Å². The van der Waals surface area contributed by atoms with Gasteiger partial charge in [-0.05, 0) is 42.5 Å². The van der Waals surface area contributed by atoms with Gasteiger partial charge in [0.05, 0.1) is 22.2 Å². The first-order valence-electron chi connectivity index (χ1n) is 8.12. The molecule has 8 heteroatoms. The summed E-state index contributed by atoms with van der Waals surface area (Å²) in [7, 11) is -3.54. The Balaban J connectivity index is 2.10. The van der Waals surface area contributed by atoms with Gasteiger partial charge in [-0.2, -0.15) is 4.31 Å². The zero-order valence-corrected chi connectivity index (χ0v) is 16.8. The average molecular weight is 415 g/mol. The van der Waals surface area contributed by atoms with E-state index in [1.54, 1.807) is 32.0 Å². The van der Waals surface area contributed by atoms with Gasteiger partial charge in [0.2, 0.25) is 10.0 Å². The summed E-state index contributed by atoms with van der Waals surface area (Å²) >= 11 is 12.0. The Labute approximate surface area is 164 Å². The van der Waals surface area contributed by atoms with E-state index in [0.717, 1.165) is 0 Å². The summed E-state index contributed by atoms with van der Waals surface area (Å²) in [4.78, 5) is 12.5. The number of sulfonamides is 1. The fourth-order valence-electron chi connectivity index (χ4n) is 2.44. The van der Waals surface area contributed by atoms with Gasteiger partial charge in [-0.1, -0.05) is 37.0 Å². The van der Waals surface area contributed by atoms with E-state index >= 15 is 0 Å². The monoisotopic (exact) mass is 414 g/mol. The summed E-state index contributed by atoms with van der Waals surface area (Å²) < 4.78 is 26.3. The standard InChI is InChI=1S/C18H20Cl2N2O3S/c1-3-22(4-2)26(24,25)15-8-5-13(6-9-15)18(23)12-21-17-11-14(19)7-10-16(17)20/h5-11,21H,3-4,12H2,1-2H3. The van der Waals surface area contributed by atoms with Gasteiger partial charge in [0.15, 0.2) is 5.78 Å². The third-order valence-corrected chi connectivity index (χ3v) is 6.52. The van der Waals surface area contributed by atoms with Crippen molar-refractivity contribution in [2.75, 3.05) is 25.0 Å². The van der Waals surface area contributed by atoms with Crippen LogP contribution in [0.25, 0.3) is 0 Å². The molecule has 2 rings (SSSR count). The van der Waals surface area contributed by atoms with Crippen LogP contribution in [0.1, 0.15) is 24.2 Å². The first-order chi connectivity index (χ1) is 12.3. The van der Waals surface area contributed by atoms with Crippen molar-refractivity contribution in [3.05, 3.63) is 58.1 Å². The highest BCUT2D eigenvalue weighted by Gasteiger charge is 2.21. The minimum atomic E-state index is -3.54. The number of ketones is 1. The molecule has 0 aliphatic carbocycles. The van der Waals surface area contributed by atoms with Gasteiger partial charge < -0.3 is 5.32 Å². The highest BCUT2D eigenvalue weighted by atomic mass is 35.5. The second-order valence-corrected chi connectivity index (χ2v) is 8.30. The van der Waals surface area contributed by atoms with Crippen molar-refractivity contribution >= 4 is 44.7 Å². The van der Waals surface area contributed by atoms with E-state index in [-0.39, 0.29) is 17.2 Å². The molecule has 26 heavy (non-hydrogen) atoms. The molecule has 0 unspecified atom stereocenters. The van der Waals surface area contributed by atoms with Gasteiger partial charge in [0.25, 0.3) is 0 Å². The number of nitrogens with one attached hydrogen (secondary N) is 1. The van der Waals surface area contributed by atoms with Gasteiger partial charge in [0.1, 0.15) is 0 Å². The Bertz CT molecular complexity index is 880. The Kier molecular flexibility index (Phi) is 7.06. The molecule has 2 aromatic rings. The number of rotatable bonds is 8. The molecule has 0 saturated carbocycles. The molecule has 0 radical (unpaired) electrons. The van der Waals surface area contributed by atoms with Gasteiger partial charge in [-0.25, -0.2) is 8.42 Å². The van der Waals surface area contributed by atoms with Crippen LogP contribution in [-0.2, 0) is 10.0 Å². The second-order valence-electron chi connectivity index (χ2n) is 5.51. The predicted molar refractivity (Wildman–Crippen MR) is 106 cm³/mol. The quantitative estimate of drug-likeness (QED) is 0.653. The van der Waals surface area contributed by atoms with Crippen molar-refractivity contribution in [1.29, 1.82) is 0 Å². The summed E-state index contributed by atoms with van der Waals surface area (Å²) in [6.45, 7) is 4.37. The zero-order valence-electron chi connectivity index (χ0n) is 14.5. The van der Waals surface area contributed by atoms with Crippen molar-refractivity contribution < 1.29 is 13.2 Å². The smallest absolute Gasteiger partial charge is 0.243 e. The van der Waals surface area contributed by atoms with Crippen molar-refractivity contribution in [3.8, 4) is 0 Å². The van der Waals surface area contributed by atoms with E-state index in [2.05, 4.69) is 5.32 Å². The van der Waals surface area contributed by atoms with Crippen molar-refractivity contribution in [2.24, 2.45) is 0 Å². The molecule has 0 heterocycles. The fourth-order valence-corrected chi connectivity index (χ4v) is 4.25. The lowest BCUT2D eigenvalue weighted by Gasteiger charge is -2.18. The summed E-state index contributed by atoms with van der Waals surface area (Å²) in [6, 6.07) is 10.9. The van der Waals surface area contributed by atoms with Crippen LogP contribution in [0.15, 0.2) is 47.4 Å². The lowest BCUT2D eigenvalue weighted by Crippen LogP contribution is -2.30. The largest absolute Gasteiger partial charge is 0.376 e. The molecular formula is C18H20Cl2N2O3S. The number of carbonyl (C=O) groups excluding carboxylic acids is 1. The highest BCUT2D eigenvalue weighted by Crippen LogP contribution is 2.25. The first-order valence-corrected chi connectivity index (χ1v) is 10.3. The molecule has 140 valence electrons. The van der Waals surface area contributed by atoms with Crippen molar-refractivity contribution in [2.45, 2.75) is 18.7 Å². The maximum absolute atomic E-state index is 12.5. The molecule has 0 saturated heterocycles. The molecule has 1 N–H and O–H groups in total. The van der Waals surface area contributed by atoms with E-state index in [0.29, 0.717) is 34.4 Å². The van der Waals surface area contributed by atoms with Gasteiger partial charge in [-0.15, -0.1) is 0 Å². The molecule has 0 fully saturated rings. The summed E-state index contributed by atoms with van der Waals surface area (Å²) in [5.74, 6) is -0.187. The third kappa shape index (κ3) is 4.76. The molecular weight excluding hydrogens is 395 g/mol. The Morgan fingerprint density at radius 1 is 1.04 bits per heavy atom. The van der Waals surface area contributed by atoms with Crippen LogP contribution in [0.3, 0.4) is 0 Å². The maximum Gasteiger partial charge on any atom is 0.243 e. The average Bonchev–Trinajstić information content (AvgIpc) is 2.63. The summed E-state index contributed by atoms with van der Waals surface area (Å²) in [6.07, 6.45) is 0. The predicted octanol–water partition coefficient (Wildman–Crippen LogP) is 4.32. The molecule has 0 bridgehead atoms. The minimum Gasteiger partial charge on any atom is -0.376 e. The van der Waals surface area contributed by atoms with E-state index in [1.807, 2.05) is 0 Å². The van der Waals surface area contributed by atoms with Crippen LogP contribution in [-0.4, -0.2) is 38.1 Å². The van der Waals surface area contributed by atoms with Crippen LogP contribution in [0, 0.1) is 0 Å². The maximum atomic E-state index is 12.5. The molecule has 0 atom stereocenters. The summed E-state index contributed by atoms with van der Waals surface area (Å²) in [5.41, 5.74) is 0.974. The zero-order chi connectivity index (χ0) is 19.3. The number of anilines is 1. The SMILES string of the molecule is CCN(CC)S(=O)(=O)c1ccc(C(=O)CNc2cc(Cl)ccc2Cl)cc1. The summed E-state index contributed by atoms with van der Waals surface area (Å²) in [5, 5.41) is 3.91. The Hall–Kier alpha value is -1.60. The molecule has 0 aromatic heterocycles. The van der Waals surface area contributed by atoms with Crippen LogP contribution >= 0.6 is 23.2 Å². The third-order valence-electron chi connectivity index (χ3n) is 3.89. The minimum absolute atomic E-state index is 0.0161.